The number of aliphatic hydroxyl groups is 3. The zero-order valence-electron chi connectivity index (χ0n) is 11.6. The van der Waals surface area contributed by atoms with Crippen LogP contribution >= 0.6 is 0 Å². The summed E-state index contributed by atoms with van der Waals surface area (Å²) in [5, 5.41) is 28.4. The molecule has 0 aliphatic carbocycles. The number of nitrogens with two attached hydrogens (primary N) is 1. The molecule has 0 saturated carbocycles. The second-order valence-electron chi connectivity index (χ2n) is 4.88. The number of hydrogen-bond acceptors (Lipinski definition) is 9. The Bertz CT molecular complexity index is 650. The number of anilines is 1. The number of rotatable bonds is 5. The zero-order chi connectivity index (χ0) is 15.7. The van der Waals surface area contributed by atoms with Crippen LogP contribution < -0.4 is 5.73 Å². The number of fused-ring (bicyclic) bond motifs is 1. The molecule has 1 unspecified atom stereocenters. The highest BCUT2D eigenvalue weighted by molar-refractivity contribution is 5.81. The Balaban J connectivity index is 1.97. The molecule has 1 aliphatic rings. The van der Waals surface area contributed by atoms with Crippen LogP contribution in [0.15, 0.2) is 12.7 Å². The maximum Gasteiger partial charge on any atom is 0.167 e. The molecule has 4 atom stereocenters. The van der Waals surface area contributed by atoms with E-state index < -0.39 is 24.5 Å². The Morgan fingerprint density at radius 1 is 1.32 bits per heavy atom. The predicted octanol–water partition coefficient (Wildman–Crippen LogP) is -1.96. The number of hydrogen-bond donors (Lipinski definition) is 4. The molecular formula is C12H17N5O5. The first-order valence-electron chi connectivity index (χ1n) is 6.77. The normalized spacial score (nSPS) is 28.5. The van der Waals surface area contributed by atoms with Crippen molar-refractivity contribution in [3.8, 4) is 0 Å². The van der Waals surface area contributed by atoms with Gasteiger partial charge in [-0.05, 0) is 0 Å². The van der Waals surface area contributed by atoms with Crippen molar-refractivity contribution in [1.82, 2.24) is 19.5 Å². The van der Waals surface area contributed by atoms with Crippen LogP contribution in [-0.4, -0.2) is 73.0 Å². The average molecular weight is 311 g/mol. The van der Waals surface area contributed by atoms with E-state index in [1.54, 1.807) is 4.57 Å². The minimum atomic E-state index is -1.04. The monoisotopic (exact) mass is 311 g/mol. The summed E-state index contributed by atoms with van der Waals surface area (Å²) in [6.07, 6.45) is -0.615. The lowest BCUT2D eigenvalue weighted by Gasteiger charge is -2.21. The fourth-order valence-corrected chi connectivity index (χ4v) is 2.52. The maximum absolute atomic E-state index is 10.2. The van der Waals surface area contributed by atoms with Crippen LogP contribution in [0.1, 0.15) is 6.23 Å². The standard InChI is InChI=1S/C12H17N5O5/c13-10-7-11(15-4-14-10)17(5-16-7)12-9(21-2-1-18)8(20)6(3-19)22-12/h4-6,8-9,12,18-20H,1-3H2,(H2,13,14,15)/t6-,8+,9?,12-/m1/s1. The molecule has 3 rings (SSSR count). The van der Waals surface area contributed by atoms with Crippen molar-refractivity contribution in [1.29, 1.82) is 0 Å². The Morgan fingerprint density at radius 3 is 2.86 bits per heavy atom. The molecule has 22 heavy (non-hydrogen) atoms. The van der Waals surface area contributed by atoms with Gasteiger partial charge in [0.05, 0.1) is 26.1 Å². The summed E-state index contributed by atoms with van der Waals surface area (Å²) in [5.74, 6) is 0.230. The first-order chi connectivity index (χ1) is 10.7. The highest BCUT2D eigenvalue weighted by Crippen LogP contribution is 2.33. The molecule has 1 saturated heterocycles. The van der Waals surface area contributed by atoms with E-state index in [0.717, 1.165) is 0 Å². The van der Waals surface area contributed by atoms with E-state index in [2.05, 4.69) is 15.0 Å². The highest BCUT2D eigenvalue weighted by atomic mass is 16.6. The Morgan fingerprint density at radius 2 is 2.14 bits per heavy atom. The fourth-order valence-electron chi connectivity index (χ4n) is 2.52. The van der Waals surface area contributed by atoms with Crippen molar-refractivity contribution in [2.75, 3.05) is 25.6 Å². The summed E-state index contributed by atoms with van der Waals surface area (Å²) in [5.41, 5.74) is 6.58. The minimum Gasteiger partial charge on any atom is -0.394 e. The van der Waals surface area contributed by atoms with Crippen molar-refractivity contribution in [3.05, 3.63) is 12.7 Å². The second kappa shape index (κ2) is 6.10. The van der Waals surface area contributed by atoms with Gasteiger partial charge in [0.2, 0.25) is 0 Å². The molecule has 10 heteroatoms. The first kappa shape index (κ1) is 15.1. The van der Waals surface area contributed by atoms with Gasteiger partial charge in [0.25, 0.3) is 0 Å². The van der Waals surface area contributed by atoms with Crippen LogP contribution in [0.4, 0.5) is 5.82 Å². The van der Waals surface area contributed by atoms with Gasteiger partial charge in [-0.25, -0.2) is 15.0 Å². The summed E-state index contributed by atoms with van der Waals surface area (Å²) in [6, 6.07) is 0. The fraction of sp³-hybridized carbons (Fsp3) is 0.583. The van der Waals surface area contributed by atoms with Gasteiger partial charge in [0.1, 0.15) is 30.2 Å². The summed E-state index contributed by atoms with van der Waals surface area (Å²) in [7, 11) is 0. The number of aliphatic hydroxyl groups excluding tert-OH is 3. The molecule has 0 aromatic carbocycles. The molecule has 1 fully saturated rings. The molecule has 3 heterocycles. The van der Waals surface area contributed by atoms with Crippen molar-refractivity contribution < 1.29 is 24.8 Å². The molecular weight excluding hydrogens is 294 g/mol. The lowest BCUT2D eigenvalue weighted by Crippen LogP contribution is -2.36. The average Bonchev–Trinajstić information content (AvgIpc) is 3.07. The van der Waals surface area contributed by atoms with Gasteiger partial charge in [-0.2, -0.15) is 0 Å². The van der Waals surface area contributed by atoms with Crippen molar-refractivity contribution in [3.63, 3.8) is 0 Å². The van der Waals surface area contributed by atoms with Gasteiger partial charge in [0, 0.05) is 0 Å². The molecule has 0 spiro atoms. The van der Waals surface area contributed by atoms with Gasteiger partial charge < -0.3 is 30.5 Å². The quantitative estimate of drug-likeness (QED) is 0.493. The summed E-state index contributed by atoms with van der Waals surface area (Å²) in [6.45, 7) is -0.524. The number of aromatic nitrogens is 4. The van der Waals surface area contributed by atoms with Crippen LogP contribution in [0.5, 0.6) is 0 Å². The summed E-state index contributed by atoms with van der Waals surface area (Å²) in [4.78, 5) is 12.1. The Labute approximate surface area is 125 Å². The molecule has 120 valence electrons. The number of nitrogen functional groups attached to an aromatic ring is 1. The molecule has 10 nitrogen and oxygen atoms in total. The van der Waals surface area contributed by atoms with Crippen LogP contribution in [0.25, 0.3) is 11.2 Å². The Hall–Kier alpha value is -1.85. The predicted molar refractivity (Wildman–Crippen MR) is 73.6 cm³/mol. The smallest absolute Gasteiger partial charge is 0.167 e. The van der Waals surface area contributed by atoms with E-state index in [9.17, 15) is 10.2 Å². The molecule has 5 N–H and O–H groups in total. The van der Waals surface area contributed by atoms with Crippen molar-refractivity contribution in [2.45, 2.75) is 24.5 Å². The topological polar surface area (TPSA) is 149 Å². The third-order valence-corrected chi connectivity index (χ3v) is 3.56. The van der Waals surface area contributed by atoms with Gasteiger partial charge in [-0.3, -0.25) is 4.57 Å². The van der Waals surface area contributed by atoms with Gasteiger partial charge >= 0.3 is 0 Å². The third kappa shape index (κ3) is 2.40. The van der Waals surface area contributed by atoms with Gasteiger partial charge in [-0.15, -0.1) is 0 Å². The minimum absolute atomic E-state index is 0.0312. The van der Waals surface area contributed by atoms with Crippen molar-refractivity contribution >= 4 is 17.0 Å². The van der Waals surface area contributed by atoms with Gasteiger partial charge in [-0.1, -0.05) is 0 Å². The largest absolute Gasteiger partial charge is 0.394 e. The van der Waals surface area contributed by atoms with Crippen molar-refractivity contribution in [2.24, 2.45) is 0 Å². The molecule has 0 radical (unpaired) electrons. The molecule has 0 bridgehead atoms. The van der Waals surface area contributed by atoms with E-state index >= 15 is 0 Å². The first-order valence-corrected chi connectivity index (χ1v) is 6.77. The lowest BCUT2D eigenvalue weighted by molar-refractivity contribution is -0.0761. The Kier molecular flexibility index (Phi) is 4.18. The molecule has 1 aliphatic heterocycles. The van der Waals surface area contributed by atoms with E-state index in [0.29, 0.717) is 11.2 Å². The molecule has 2 aromatic heterocycles. The molecule has 2 aromatic rings. The maximum atomic E-state index is 10.2. The van der Waals surface area contributed by atoms with E-state index in [1.165, 1.54) is 12.7 Å². The highest BCUT2D eigenvalue weighted by Gasteiger charge is 2.45. The summed E-state index contributed by atoms with van der Waals surface area (Å²) >= 11 is 0. The summed E-state index contributed by atoms with van der Waals surface area (Å²) < 4.78 is 12.7. The van der Waals surface area contributed by atoms with E-state index in [-0.39, 0.29) is 25.6 Å². The molecule has 0 amide bonds. The third-order valence-electron chi connectivity index (χ3n) is 3.56. The zero-order valence-corrected chi connectivity index (χ0v) is 11.6. The second-order valence-corrected chi connectivity index (χ2v) is 4.88. The van der Waals surface area contributed by atoms with Crippen LogP contribution in [0.2, 0.25) is 0 Å². The van der Waals surface area contributed by atoms with E-state index in [1.807, 2.05) is 0 Å². The van der Waals surface area contributed by atoms with E-state index in [4.69, 9.17) is 20.3 Å². The SMILES string of the molecule is Nc1ncnc2c1ncn2[C@@H]1O[C@H](CO)[C@H](O)C1OCCO. The van der Waals surface area contributed by atoms with Gasteiger partial charge in [0.15, 0.2) is 17.7 Å². The van der Waals surface area contributed by atoms with Crippen LogP contribution in [0.3, 0.4) is 0 Å². The van der Waals surface area contributed by atoms with Crippen LogP contribution in [-0.2, 0) is 9.47 Å². The lowest BCUT2D eigenvalue weighted by atomic mass is 10.1. The van der Waals surface area contributed by atoms with Crippen LogP contribution in [0, 0.1) is 0 Å². The number of ether oxygens (including phenoxy) is 2. The number of nitrogens with zero attached hydrogens (tertiary/aromatic N) is 4. The number of imidazole rings is 1.